The summed E-state index contributed by atoms with van der Waals surface area (Å²) in [6.07, 6.45) is -1.04. The first-order valence-corrected chi connectivity index (χ1v) is 20.8. The Morgan fingerprint density at radius 2 is 1.76 bits per heavy atom. The van der Waals surface area contributed by atoms with E-state index in [1.165, 1.54) is 23.1 Å². The largest absolute Gasteiger partial charge is 0.444 e. The van der Waals surface area contributed by atoms with Gasteiger partial charge in [0.25, 0.3) is 5.91 Å². The van der Waals surface area contributed by atoms with Crippen molar-refractivity contribution < 1.29 is 51.0 Å². The number of hydrogen-bond acceptors (Lipinski definition) is 10. The number of likely N-dealkylation sites (tertiary alicyclic amines) is 1. The van der Waals surface area contributed by atoms with Crippen molar-refractivity contribution in [3.63, 3.8) is 0 Å². The van der Waals surface area contributed by atoms with Crippen molar-refractivity contribution in [2.24, 2.45) is 5.92 Å². The van der Waals surface area contributed by atoms with Crippen LogP contribution in [0.5, 0.6) is 0 Å². The summed E-state index contributed by atoms with van der Waals surface area (Å²) in [5, 5.41) is 5.79. The fraction of sp³-hybridized carbons (Fsp3) is 0.487. The number of nitrogens with one attached hydrogen (secondary N) is 4. The van der Waals surface area contributed by atoms with Crippen molar-refractivity contribution in [3.05, 3.63) is 83.7 Å². The molecule has 3 fully saturated rings. The number of fused-ring (bicyclic) bond motifs is 1. The van der Waals surface area contributed by atoms with Crippen molar-refractivity contribution in [1.29, 1.82) is 0 Å². The van der Waals surface area contributed by atoms with Crippen molar-refractivity contribution in [2.75, 3.05) is 13.1 Å². The molecule has 0 radical (unpaired) electrons. The van der Waals surface area contributed by atoms with E-state index in [1.54, 1.807) is 57.2 Å². The molecule has 6 atom stereocenters. The normalized spacial score (nSPS) is 23.4. The molecule has 2 saturated carbocycles. The van der Waals surface area contributed by atoms with Crippen molar-refractivity contribution in [3.8, 4) is 0 Å². The average Bonchev–Trinajstić information content (AvgIpc) is 4.06. The summed E-state index contributed by atoms with van der Waals surface area (Å²) in [6.45, 7) is 7.62. The van der Waals surface area contributed by atoms with E-state index in [2.05, 4.69) is 27.3 Å². The van der Waals surface area contributed by atoms with E-state index in [4.69, 9.17) is 21.1 Å². The number of amides is 6. The molecule has 312 valence electrons. The first-order chi connectivity index (χ1) is 27.3. The SMILES string of the molecule is C=CC1C[C@]1(NC(=O)C1C[C@@H](OC(=O)N2Cc3cccc(F)c3C2)CN1C(=O)C(CNC(=O)C(Cl)c1ccccc1)NC(=O)OC(C)(C)C)C(=O)NS(=O)(=O)C1CC1. The fourth-order valence-corrected chi connectivity index (χ4v) is 8.62. The lowest BCUT2D eigenvalue weighted by Gasteiger charge is -2.30. The molecule has 4 N–H and O–H groups in total. The number of benzene rings is 2. The number of nitrogens with zero attached hydrogens (tertiary/aromatic N) is 2. The first-order valence-electron chi connectivity index (χ1n) is 18.8. The van der Waals surface area contributed by atoms with Gasteiger partial charge in [0, 0.05) is 31.0 Å². The van der Waals surface area contributed by atoms with Gasteiger partial charge in [0.2, 0.25) is 27.7 Å². The highest BCUT2D eigenvalue weighted by Crippen LogP contribution is 2.45. The molecule has 6 rings (SSSR count). The Labute approximate surface area is 340 Å². The Kier molecular flexibility index (Phi) is 12.1. The van der Waals surface area contributed by atoms with E-state index in [-0.39, 0.29) is 32.5 Å². The van der Waals surface area contributed by atoms with Crippen LogP contribution in [0.3, 0.4) is 0 Å². The number of rotatable bonds is 13. The Morgan fingerprint density at radius 1 is 1.05 bits per heavy atom. The van der Waals surface area contributed by atoms with Gasteiger partial charge in [0.05, 0.1) is 18.3 Å². The van der Waals surface area contributed by atoms with Gasteiger partial charge in [0.15, 0.2) is 0 Å². The molecular formula is C39H46ClFN6O10S. The van der Waals surface area contributed by atoms with E-state index in [0.717, 1.165) is 4.90 Å². The van der Waals surface area contributed by atoms with Crippen LogP contribution >= 0.6 is 11.6 Å². The molecule has 58 heavy (non-hydrogen) atoms. The van der Waals surface area contributed by atoms with Gasteiger partial charge in [-0.3, -0.25) is 28.8 Å². The van der Waals surface area contributed by atoms with Gasteiger partial charge in [-0.2, -0.15) is 0 Å². The molecule has 2 aliphatic carbocycles. The Hall–Kier alpha value is -5.23. The van der Waals surface area contributed by atoms with Crippen LogP contribution in [0.25, 0.3) is 0 Å². The molecule has 19 heteroatoms. The van der Waals surface area contributed by atoms with Crippen LogP contribution in [0, 0.1) is 11.7 Å². The van der Waals surface area contributed by atoms with E-state index >= 15 is 0 Å². The zero-order valence-corrected chi connectivity index (χ0v) is 33.7. The lowest BCUT2D eigenvalue weighted by Crippen LogP contribution is -2.60. The number of carbonyl (C=O) groups is 6. The topological polar surface area (TPSA) is 210 Å². The number of alkyl halides is 1. The van der Waals surface area contributed by atoms with Gasteiger partial charge in [-0.05, 0) is 57.2 Å². The number of ether oxygens (including phenoxy) is 2. The zero-order chi connectivity index (χ0) is 42.2. The minimum absolute atomic E-state index is 0.0231. The molecule has 1 saturated heterocycles. The van der Waals surface area contributed by atoms with Crippen LogP contribution in [0.15, 0.2) is 61.2 Å². The monoisotopic (exact) mass is 844 g/mol. The molecule has 2 aromatic carbocycles. The number of alkyl carbamates (subject to hydrolysis) is 1. The number of hydrogen-bond donors (Lipinski definition) is 4. The predicted octanol–water partition coefficient (Wildman–Crippen LogP) is 2.91. The third-order valence-electron chi connectivity index (χ3n) is 10.3. The highest BCUT2D eigenvalue weighted by atomic mass is 35.5. The van der Waals surface area contributed by atoms with Crippen LogP contribution in [-0.4, -0.2) is 102 Å². The third kappa shape index (κ3) is 9.55. The van der Waals surface area contributed by atoms with Crippen molar-refractivity contribution >= 4 is 57.4 Å². The Morgan fingerprint density at radius 3 is 2.38 bits per heavy atom. The summed E-state index contributed by atoms with van der Waals surface area (Å²) in [6, 6.07) is 9.89. The average molecular weight is 845 g/mol. The minimum atomic E-state index is -4.00. The summed E-state index contributed by atoms with van der Waals surface area (Å²) in [5.41, 5.74) is -1.30. The van der Waals surface area contributed by atoms with Crippen LogP contribution in [-0.2, 0) is 51.8 Å². The van der Waals surface area contributed by atoms with Gasteiger partial charge < -0.3 is 30.3 Å². The molecule has 2 aromatic rings. The minimum Gasteiger partial charge on any atom is -0.444 e. The summed E-state index contributed by atoms with van der Waals surface area (Å²) >= 11 is 6.42. The molecule has 4 unspecified atom stereocenters. The molecule has 6 amide bonds. The van der Waals surface area contributed by atoms with Crippen molar-refractivity contribution in [2.45, 2.75) is 99.5 Å². The Bertz CT molecular complexity index is 2100. The summed E-state index contributed by atoms with van der Waals surface area (Å²) in [4.78, 5) is 84.2. The van der Waals surface area contributed by atoms with Crippen LogP contribution in [0.4, 0.5) is 14.0 Å². The van der Waals surface area contributed by atoms with E-state index in [9.17, 15) is 41.6 Å². The number of carbonyl (C=O) groups excluding carboxylic acids is 6. The number of sulfonamides is 1. The quantitative estimate of drug-likeness (QED) is 0.171. The second-order valence-corrected chi connectivity index (χ2v) is 18.3. The lowest BCUT2D eigenvalue weighted by molar-refractivity contribution is -0.141. The molecule has 0 aromatic heterocycles. The Balaban J connectivity index is 1.24. The summed E-state index contributed by atoms with van der Waals surface area (Å²) < 4.78 is 53.1. The second kappa shape index (κ2) is 16.6. The smallest absolute Gasteiger partial charge is 0.410 e. The van der Waals surface area contributed by atoms with E-state index in [1.807, 2.05) is 0 Å². The second-order valence-electron chi connectivity index (χ2n) is 15.9. The highest BCUT2D eigenvalue weighted by molar-refractivity contribution is 7.91. The van der Waals surface area contributed by atoms with Crippen LogP contribution in [0.2, 0.25) is 0 Å². The molecular weight excluding hydrogens is 799 g/mol. The molecule has 2 aliphatic heterocycles. The van der Waals surface area contributed by atoms with Crippen LogP contribution < -0.4 is 20.7 Å². The van der Waals surface area contributed by atoms with E-state index < -0.39 is 104 Å². The predicted molar refractivity (Wildman–Crippen MR) is 206 cm³/mol. The van der Waals surface area contributed by atoms with Gasteiger partial charge in [-0.1, -0.05) is 48.5 Å². The van der Waals surface area contributed by atoms with Crippen LogP contribution in [0.1, 0.15) is 68.5 Å². The van der Waals surface area contributed by atoms with Crippen molar-refractivity contribution in [1.82, 2.24) is 30.5 Å². The molecule has 2 heterocycles. The first kappa shape index (κ1) is 42.4. The maximum atomic E-state index is 14.5. The highest BCUT2D eigenvalue weighted by Gasteiger charge is 2.62. The lowest BCUT2D eigenvalue weighted by atomic mass is 10.1. The summed E-state index contributed by atoms with van der Waals surface area (Å²) in [7, 11) is -4.00. The number of halogens is 2. The summed E-state index contributed by atoms with van der Waals surface area (Å²) in [5.74, 6) is -4.55. The van der Waals surface area contributed by atoms with E-state index in [0.29, 0.717) is 29.5 Å². The van der Waals surface area contributed by atoms with Gasteiger partial charge in [0.1, 0.15) is 40.5 Å². The molecule has 4 aliphatic rings. The van der Waals surface area contributed by atoms with Gasteiger partial charge in [-0.15, -0.1) is 18.2 Å². The maximum absolute atomic E-state index is 14.5. The molecule has 16 nitrogen and oxygen atoms in total. The molecule has 0 spiro atoms. The van der Waals surface area contributed by atoms with Gasteiger partial charge in [-0.25, -0.2) is 22.4 Å². The standard InChI is InChI=1S/C39H46ClFN6O10S/c1-5-24-17-39(24,35(51)45-58(54,55)26-14-15-26)44-32(48)30-16-25(56-37(53)46-19-23-12-9-13-28(41)27(23)21-46)20-47(30)34(50)29(43-36(52)57-38(2,3)4)18-42-33(49)31(40)22-10-7-6-8-11-22/h5-13,24-26,29-31H,1,14-21H2,2-4H3,(H,42,49)(H,43,52)(H,44,48)(H,45,51)/t24?,25-,29?,30?,31?,39-/m1/s1. The third-order valence-corrected chi connectivity index (χ3v) is 12.6. The molecule has 0 bridgehead atoms. The maximum Gasteiger partial charge on any atom is 0.410 e. The van der Waals surface area contributed by atoms with Gasteiger partial charge >= 0.3 is 12.2 Å². The fourth-order valence-electron chi connectivity index (χ4n) is 7.04. The zero-order valence-electron chi connectivity index (χ0n) is 32.2.